The normalized spacial score (nSPS) is 21.6. The molecule has 2 rings (SSSR count). The second-order valence-electron chi connectivity index (χ2n) is 5.20. The summed E-state index contributed by atoms with van der Waals surface area (Å²) < 4.78 is 5.14. The van der Waals surface area contributed by atoms with E-state index in [0.717, 1.165) is 0 Å². The summed E-state index contributed by atoms with van der Waals surface area (Å²) in [5.74, 6) is -0.187. The van der Waals surface area contributed by atoms with Crippen molar-refractivity contribution in [1.82, 2.24) is 0 Å². The third-order valence-electron chi connectivity index (χ3n) is 3.67. The van der Waals surface area contributed by atoms with Crippen LogP contribution in [0.1, 0.15) is 25.8 Å². The van der Waals surface area contributed by atoms with Gasteiger partial charge in [-0.05, 0) is 32.4 Å². The van der Waals surface area contributed by atoms with E-state index in [2.05, 4.69) is 6.07 Å². The molecule has 1 fully saturated rings. The number of hydrogen-bond donors (Lipinski definition) is 0. The van der Waals surface area contributed by atoms with Crippen LogP contribution < -0.4 is 4.90 Å². The van der Waals surface area contributed by atoms with Gasteiger partial charge in [-0.15, -0.1) is 0 Å². The van der Waals surface area contributed by atoms with Gasteiger partial charge in [-0.1, -0.05) is 17.7 Å². The third kappa shape index (κ3) is 2.59. The molecular weight excluding hydrogens is 276 g/mol. The minimum Gasteiger partial charge on any atom is -0.466 e. The van der Waals surface area contributed by atoms with E-state index < -0.39 is 5.41 Å². The molecule has 1 unspecified atom stereocenters. The molecule has 1 heterocycles. The first-order valence-electron chi connectivity index (χ1n) is 6.62. The Bertz CT molecular complexity index is 567. The molecule has 0 aromatic heterocycles. The third-order valence-corrected chi connectivity index (χ3v) is 3.97. The molecule has 4 nitrogen and oxygen atoms in total. The lowest BCUT2D eigenvalue weighted by molar-refractivity contribution is -0.153. The van der Waals surface area contributed by atoms with Gasteiger partial charge < -0.3 is 9.64 Å². The molecule has 0 spiro atoms. The molecule has 1 atom stereocenters. The van der Waals surface area contributed by atoms with Crippen molar-refractivity contribution in [1.29, 1.82) is 5.26 Å². The number of anilines is 1. The molecule has 1 saturated heterocycles. The zero-order valence-corrected chi connectivity index (χ0v) is 12.4. The first-order valence-corrected chi connectivity index (χ1v) is 7.00. The molecule has 1 aliphatic rings. The number of esters is 1. The van der Waals surface area contributed by atoms with E-state index in [1.807, 2.05) is 11.8 Å². The van der Waals surface area contributed by atoms with Gasteiger partial charge in [-0.25, -0.2) is 0 Å². The van der Waals surface area contributed by atoms with E-state index in [1.54, 1.807) is 25.1 Å². The topological polar surface area (TPSA) is 53.3 Å². The number of para-hydroxylation sites is 1. The van der Waals surface area contributed by atoms with Crippen LogP contribution in [0.2, 0.25) is 5.02 Å². The molecule has 20 heavy (non-hydrogen) atoms. The summed E-state index contributed by atoms with van der Waals surface area (Å²) in [6, 6.07) is 7.41. The number of carbonyl (C=O) groups is 1. The van der Waals surface area contributed by atoms with Crippen molar-refractivity contribution in [3.05, 3.63) is 28.8 Å². The molecule has 5 heteroatoms. The van der Waals surface area contributed by atoms with Crippen LogP contribution in [0.15, 0.2) is 18.2 Å². The smallest absolute Gasteiger partial charge is 0.313 e. The predicted molar refractivity (Wildman–Crippen MR) is 77.7 cm³/mol. The number of nitriles is 1. The zero-order valence-electron chi connectivity index (χ0n) is 11.6. The highest BCUT2D eigenvalue weighted by Gasteiger charge is 2.42. The highest BCUT2D eigenvalue weighted by molar-refractivity contribution is 6.33. The average molecular weight is 293 g/mol. The number of halogens is 1. The van der Waals surface area contributed by atoms with E-state index in [1.165, 1.54) is 0 Å². The SMILES string of the molecule is CCOC(=O)C1(C)CCN(c2c(Cl)cccc2C#N)C1. The van der Waals surface area contributed by atoms with Crippen LogP contribution in [-0.2, 0) is 9.53 Å². The Kier molecular flexibility index (Phi) is 4.20. The number of carbonyl (C=O) groups excluding carboxylic acids is 1. The number of benzene rings is 1. The maximum Gasteiger partial charge on any atom is 0.313 e. The fourth-order valence-electron chi connectivity index (χ4n) is 2.55. The van der Waals surface area contributed by atoms with Gasteiger partial charge in [0, 0.05) is 13.1 Å². The van der Waals surface area contributed by atoms with Crippen LogP contribution in [0.4, 0.5) is 5.69 Å². The summed E-state index contributed by atoms with van der Waals surface area (Å²) in [5, 5.41) is 9.74. The highest BCUT2D eigenvalue weighted by atomic mass is 35.5. The van der Waals surface area contributed by atoms with Crippen molar-refractivity contribution in [2.75, 3.05) is 24.6 Å². The molecule has 0 saturated carbocycles. The van der Waals surface area contributed by atoms with E-state index in [-0.39, 0.29) is 5.97 Å². The Morgan fingerprint density at radius 3 is 3.00 bits per heavy atom. The molecule has 1 aromatic rings. The van der Waals surface area contributed by atoms with Crippen molar-refractivity contribution in [3.63, 3.8) is 0 Å². The lowest BCUT2D eigenvalue weighted by Crippen LogP contribution is -2.33. The van der Waals surface area contributed by atoms with Crippen molar-refractivity contribution in [3.8, 4) is 6.07 Å². The second kappa shape index (κ2) is 5.72. The Morgan fingerprint density at radius 1 is 1.60 bits per heavy atom. The minimum absolute atomic E-state index is 0.187. The van der Waals surface area contributed by atoms with Crippen molar-refractivity contribution in [2.45, 2.75) is 20.3 Å². The van der Waals surface area contributed by atoms with Crippen LogP contribution in [0.3, 0.4) is 0 Å². The Balaban J connectivity index is 2.26. The minimum atomic E-state index is -0.540. The van der Waals surface area contributed by atoms with E-state index in [9.17, 15) is 10.1 Å². The number of rotatable bonds is 3. The molecular formula is C15H17ClN2O2. The lowest BCUT2D eigenvalue weighted by Gasteiger charge is -2.24. The van der Waals surface area contributed by atoms with E-state index >= 15 is 0 Å². The van der Waals surface area contributed by atoms with Gasteiger partial charge in [0.25, 0.3) is 0 Å². The molecule has 0 aliphatic carbocycles. The van der Waals surface area contributed by atoms with E-state index in [0.29, 0.717) is 42.4 Å². The lowest BCUT2D eigenvalue weighted by atomic mass is 9.90. The summed E-state index contributed by atoms with van der Waals surface area (Å²) in [6.07, 6.45) is 0.696. The molecule has 0 radical (unpaired) electrons. The van der Waals surface area contributed by atoms with Gasteiger partial charge in [-0.3, -0.25) is 4.79 Å². The molecule has 0 N–H and O–H groups in total. The first kappa shape index (κ1) is 14.7. The van der Waals surface area contributed by atoms with Crippen molar-refractivity contribution in [2.24, 2.45) is 5.41 Å². The first-order chi connectivity index (χ1) is 9.51. The molecule has 1 aliphatic heterocycles. The van der Waals surface area contributed by atoms with Gasteiger partial charge in [-0.2, -0.15) is 5.26 Å². The Labute approximate surface area is 123 Å². The highest BCUT2D eigenvalue weighted by Crippen LogP contribution is 2.38. The fraction of sp³-hybridized carbons (Fsp3) is 0.467. The quantitative estimate of drug-likeness (QED) is 0.804. The standard InChI is InChI=1S/C15H17ClN2O2/c1-3-20-14(19)15(2)7-8-18(10-15)13-11(9-17)5-4-6-12(13)16/h4-6H,3,7-8,10H2,1-2H3. The van der Waals surface area contributed by atoms with Crippen molar-refractivity contribution < 1.29 is 9.53 Å². The van der Waals surface area contributed by atoms with Gasteiger partial charge in [0.15, 0.2) is 0 Å². The van der Waals surface area contributed by atoms with Crippen LogP contribution in [0, 0.1) is 16.7 Å². The summed E-state index contributed by atoms with van der Waals surface area (Å²) >= 11 is 6.21. The number of ether oxygens (including phenoxy) is 1. The molecule has 0 amide bonds. The Hall–Kier alpha value is -1.73. The number of hydrogen-bond acceptors (Lipinski definition) is 4. The summed E-state index contributed by atoms with van der Waals surface area (Å²) in [4.78, 5) is 14.0. The summed E-state index contributed by atoms with van der Waals surface area (Å²) in [5.41, 5.74) is 0.706. The van der Waals surface area contributed by atoms with E-state index in [4.69, 9.17) is 16.3 Å². The predicted octanol–water partition coefficient (Wildman–Crippen LogP) is 2.99. The molecule has 1 aromatic carbocycles. The van der Waals surface area contributed by atoms with Crippen LogP contribution in [0.25, 0.3) is 0 Å². The van der Waals surface area contributed by atoms with Crippen LogP contribution in [0.5, 0.6) is 0 Å². The van der Waals surface area contributed by atoms with Gasteiger partial charge in [0.1, 0.15) is 6.07 Å². The van der Waals surface area contributed by atoms with Gasteiger partial charge in [0.05, 0.1) is 28.3 Å². The zero-order chi connectivity index (χ0) is 14.8. The van der Waals surface area contributed by atoms with Gasteiger partial charge in [0.2, 0.25) is 0 Å². The summed E-state index contributed by atoms with van der Waals surface area (Å²) in [7, 11) is 0. The average Bonchev–Trinajstić information content (AvgIpc) is 2.82. The summed E-state index contributed by atoms with van der Waals surface area (Å²) in [6.45, 7) is 5.28. The monoisotopic (exact) mass is 292 g/mol. The maximum absolute atomic E-state index is 12.0. The molecule has 0 bridgehead atoms. The maximum atomic E-state index is 12.0. The largest absolute Gasteiger partial charge is 0.466 e. The second-order valence-corrected chi connectivity index (χ2v) is 5.61. The molecule has 106 valence electrons. The number of nitrogens with zero attached hydrogens (tertiary/aromatic N) is 2. The van der Waals surface area contributed by atoms with Gasteiger partial charge >= 0.3 is 5.97 Å². The fourth-order valence-corrected chi connectivity index (χ4v) is 2.84. The Morgan fingerprint density at radius 2 is 2.35 bits per heavy atom. The van der Waals surface area contributed by atoms with Crippen molar-refractivity contribution >= 4 is 23.3 Å². The van der Waals surface area contributed by atoms with Crippen LogP contribution in [-0.4, -0.2) is 25.7 Å². The van der Waals surface area contributed by atoms with Crippen LogP contribution >= 0.6 is 11.6 Å².